The van der Waals surface area contributed by atoms with E-state index in [0.717, 1.165) is 24.5 Å². The largest absolute Gasteiger partial charge is 0.493 e. The van der Waals surface area contributed by atoms with Crippen LogP contribution in [0.15, 0.2) is 36.9 Å². The molecule has 2 heteroatoms. The summed E-state index contributed by atoms with van der Waals surface area (Å²) in [6, 6.07) is 8.16. The standard InChI is InChI=1S/C15H22OS/c1-3-7-13(12-17)11-16-15-10-6-5-9-14(15)8-4-2/h4-6,9-10,13,17H,2-3,7-8,11-12H2,1H3. The van der Waals surface area contributed by atoms with Gasteiger partial charge < -0.3 is 4.74 Å². The summed E-state index contributed by atoms with van der Waals surface area (Å²) in [7, 11) is 0. The van der Waals surface area contributed by atoms with Crippen molar-refractivity contribution < 1.29 is 4.74 Å². The number of thiol groups is 1. The highest BCUT2D eigenvalue weighted by molar-refractivity contribution is 7.80. The number of rotatable bonds is 8. The molecule has 0 aliphatic carbocycles. The Morgan fingerprint density at radius 3 is 2.82 bits per heavy atom. The van der Waals surface area contributed by atoms with E-state index in [0.29, 0.717) is 5.92 Å². The molecule has 0 saturated heterocycles. The van der Waals surface area contributed by atoms with Crippen LogP contribution in [0.5, 0.6) is 5.75 Å². The van der Waals surface area contributed by atoms with E-state index in [-0.39, 0.29) is 0 Å². The molecule has 0 saturated carbocycles. The van der Waals surface area contributed by atoms with Gasteiger partial charge in [-0.25, -0.2) is 0 Å². The normalized spacial score (nSPS) is 12.1. The number of hydrogen-bond donors (Lipinski definition) is 1. The van der Waals surface area contributed by atoms with Crippen LogP contribution in [0, 0.1) is 5.92 Å². The second-order valence-corrected chi connectivity index (χ2v) is 4.61. The van der Waals surface area contributed by atoms with Crippen LogP contribution < -0.4 is 4.74 Å². The quantitative estimate of drug-likeness (QED) is 0.539. The average Bonchev–Trinajstić information content (AvgIpc) is 2.36. The molecule has 1 nitrogen and oxygen atoms in total. The summed E-state index contributed by atoms with van der Waals surface area (Å²) in [5.41, 5.74) is 1.21. The van der Waals surface area contributed by atoms with Crippen LogP contribution >= 0.6 is 12.6 Å². The van der Waals surface area contributed by atoms with Crippen LogP contribution in [0.1, 0.15) is 25.3 Å². The molecule has 0 heterocycles. The second kappa shape index (κ2) is 8.24. The van der Waals surface area contributed by atoms with Gasteiger partial charge in [0.15, 0.2) is 0 Å². The van der Waals surface area contributed by atoms with Crippen LogP contribution in [-0.4, -0.2) is 12.4 Å². The maximum atomic E-state index is 5.90. The van der Waals surface area contributed by atoms with Crippen LogP contribution in [-0.2, 0) is 6.42 Å². The fourth-order valence-corrected chi connectivity index (χ4v) is 2.10. The lowest BCUT2D eigenvalue weighted by molar-refractivity contribution is 0.253. The van der Waals surface area contributed by atoms with Crippen molar-refractivity contribution in [3.8, 4) is 5.75 Å². The smallest absolute Gasteiger partial charge is 0.122 e. The Bertz CT molecular complexity index is 335. The number of allylic oxidation sites excluding steroid dienone is 1. The molecule has 0 spiro atoms. The molecule has 0 amide bonds. The van der Waals surface area contributed by atoms with Gasteiger partial charge in [0.05, 0.1) is 6.61 Å². The fraction of sp³-hybridized carbons (Fsp3) is 0.467. The first-order valence-corrected chi connectivity index (χ1v) is 6.87. The third-order valence-corrected chi connectivity index (χ3v) is 3.28. The van der Waals surface area contributed by atoms with E-state index in [1.54, 1.807) is 0 Å². The molecule has 1 unspecified atom stereocenters. The summed E-state index contributed by atoms with van der Waals surface area (Å²) in [4.78, 5) is 0. The third kappa shape index (κ3) is 4.86. The maximum Gasteiger partial charge on any atom is 0.122 e. The molecular weight excluding hydrogens is 228 g/mol. The molecule has 0 N–H and O–H groups in total. The van der Waals surface area contributed by atoms with Crippen molar-refractivity contribution in [2.75, 3.05) is 12.4 Å². The van der Waals surface area contributed by atoms with Crippen molar-refractivity contribution in [3.63, 3.8) is 0 Å². The second-order valence-electron chi connectivity index (χ2n) is 4.25. The third-order valence-electron chi connectivity index (χ3n) is 2.77. The molecule has 0 radical (unpaired) electrons. The van der Waals surface area contributed by atoms with E-state index in [2.05, 4.69) is 32.2 Å². The first-order chi connectivity index (χ1) is 8.31. The van der Waals surface area contributed by atoms with E-state index in [4.69, 9.17) is 4.74 Å². The number of para-hydroxylation sites is 1. The van der Waals surface area contributed by atoms with Gasteiger partial charge in [0.1, 0.15) is 5.75 Å². The Hall–Kier alpha value is -0.890. The Morgan fingerprint density at radius 1 is 1.41 bits per heavy atom. The van der Waals surface area contributed by atoms with Crippen molar-refractivity contribution in [2.24, 2.45) is 5.92 Å². The summed E-state index contributed by atoms with van der Waals surface area (Å²) >= 11 is 4.37. The summed E-state index contributed by atoms with van der Waals surface area (Å²) in [6.07, 6.45) is 5.12. The van der Waals surface area contributed by atoms with Gasteiger partial charge in [-0.15, -0.1) is 6.58 Å². The highest BCUT2D eigenvalue weighted by Gasteiger charge is 2.08. The summed E-state index contributed by atoms with van der Waals surface area (Å²) in [5.74, 6) is 2.41. The minimum Gasteiger partial charge on any atom is -0.493 e. The lowest BCUT2D eigenvalue weighted by Gasteiger charge is -2.16. The Labute approximate surface area is 110 Å². The molecule has 0 aliphatic heterocycles. The van der Waals surface area contributed by atoms with Crippen molar-refractivity contribution in [3.05, 3.63) is 42.5 Å². The van der Waals surface area contributed by atoms with Gasteiger partial charge in [0, 0.05) is 5.92 Å². The molecule has 0 fully saturated rings. The van der Waals surface area contributed by atoms with E-state index in [1.165, 1.54) is 18.4 Å². The minimum atomic E-state index is 0.542. The number of hydrogen-bond acceptors (Lipinski definition) is 2. The lowest BCUT2D eigenvalue weighted by atomic mass is 10.1. The van der Waals surface area contributed by atoms with Crippen LogP contribution in [0.25, 0.3) is 0 Å². The highest BCUT2D eigenvalue weighted by Crippen LogP contribution is 2.20. The van der Waals surface area contributed by atoms with E-state index in [9.17, 15) is 0 Å². The molecule has 0 bridgehead atoms. The van der Waals surface area contributed by atoms with Crippen LogP contribution in [0.4, 0.5) is 0 Å². The Balaban J connectivity index is 2.57. The zero-order chi connectivity index (χ0) is 12.5. The fourth-order valence-electron chi connectivity index (χ4n) is 1.81. The molecule has 1 atom stereocenters. The van der Waals surface area contributed by atoms with E-state index in [1.807, 2.05) is 24.3 Å². The Kier molecular flexibility index (Phi) is 6.87. The molecule has 94 valence electrons. The van der Waals surface area contributed by atoms with Crippen molar-refractivity contribution >= 4 is 12.6 Å². The predicted octanol–water partition coefficient (Wildman–Crippen LogP) is 4.14. The van der Waals surface area contributed by atoms with Gasteiger partial charge in [-0.1, -0.05) is 37.6 Å². The number of benzene rings is 1. The van der Waals surface area contributed by atoms with Gasteiger partial charge in [-0.2, -0.15) is 12.6 Å². The van der Waals surface area contributed by atoms with Crippen molar-refractivity contribution in [2.45, 2.75) is 26.2 Å². The predicted molar refractivity (Wildman–Crippen MR) is 78.1 cm³/mol. The summed E-state index contributed by atoms with van der Waals surface area (Å²) in [5, 5.41) is 0. The zero-order valence-corrected chi connectivity index (χ0v) is 11.5. The minimum absolute atomic E-state index is 0.542. The highest BCUT2D eigenvalue weighted by atomic mass is 32.1. The average molecular weight is 250 g/mol. The monoisotopic (exact) mass is 250 g/mol. The van der Waals surface area contributed by atoms with Gasteiger partial charge >= 0.3 is 0 Å². The molecular formula is C15H22OS. The van der Waals surface area contributed by atoms with E-state index >= 15 is 0 Å². The maximum absolute atomic E-state index is 5.90. The van der Waals surface area contributed by atoms with Crippen molar-refractivity contribution in [1.82, 2.24) is 0 Å². The summed E-state index contributed by atoms with van der Waals surface area (Å²) in [6.45, 7) is 6.72. The van der Waals surface area contributed by atoms with Crippen LogP contribution in [0.3, 0.4) is 0 Å². The first-order valence-electron chi connectivity index (χ1n) is 6.24. The van der Waals surface area contributed by atoms with Gasteiger partial charge in [-0.05, 0) is 30.2 Å². The van der Waals surface area contributed by atoms with Crippen LogP contribution in [0.2, 0.25) is 0 Å². The molecule has 1 aromatic rings. The van der Waals surface area contributed by atoms with Gasteiger partial charge in [-0.3, -0.25) is 0 Å². The SMILES string of the molecule is C=CCc1ccccc1OCC(CS)CCC. The van der Waals surface area contributed by atoms with Gasteiger partial charge in [0.2, 0.25) is 0 Å². The molecule has 1 rings (SSSR count). The molecule has 0 aromatic heterocycles. The lowest BCUT2D eigenvalue weighted by Crippen LogP contribution is -2.14. The van der Waals surface area contributed by atoms with E-state index < -0.39 is 0 Å². The number of ether oxygens (including phenoxy) is 1. The van der Waals surface area contributed by atoms with Gasteiger partial charge in [0.25, 0.3) is 0 Å². The first kappa shape index (κ1) is 14.2. The zero-order valence-electron chi connectivity index (χ0n) is 10.6. The molecule has 1 aromatic carbocycles. The Morgan fingerprint density at radius 2 is 2.18 bits per heavy atom. The molecule has 17 heavy (non-hydrogen) atoms. The summed E-state index contributed by atoms with van der Waals surface area (Å²) < 4.78 is 5.90. The van der Waals surface area contributed by atoms with Crippen molar-refractivity contribution in [1.29, 1.82) is 0 Å². The molecule has 0 aliphatic rings. The topological polar surface area (TPSA) is 9.23 Å².